The number of aryl methyl sites for hydroxylation is 2. The second-order valence-corrected chi connectivity index (χ2v) is 12.1. The second kappa shape index (κ2) is 12.9. The molecule has 0 spiro atoms. The topological polar surface area (TPSA) is 116 Å². The number of anilines is 1. The van der Waals surface area contributed by atoms with Crippen molar-refractivity contribution >= 4 is 33.1 Å². The van der Waals surface area contributed by atoms with Gasteiger partial charge in [-0.05, 0) is 55.5 Å². The smallest absolute Gasteiger partial charge is 0.257 e. The Labute approximate surface area is 255 Å². The van der Waals surface area contributed by atoms with Gasteiger partial charge in [0.05, 0.1) is 46.5 Å². The maximum Gasteiger partial charge on any atom is 0.257 e. The van der Waals surface area contributed by atoms with Crippen molar-refractivity contribution in [1.82, 2.24) is 25.1 Å². The van der Waals surface area contributed by atoms with Gasteiger partial charge in [0.25, 0.3) is 5.91 Å². The van der Waals surface area contributed by atoms with E-state index in [1.54, 1.807) is 24.5 Å². The molecule has 3 aliphatic rings. The number of pyridine rings is 2. The van der Waals surface area contributed by atoms with Crippen LogP contribution in [0.5, 0.6) is 0 Å². The molecule has 4 aromatic rings. The summed E-state index contributed by atoms with van der Waals surface area (Å²) in [6.07, 6.45) is 8.58. The van der Waals surface area contributed by atoms with Gasteiger partial charge in [0.1, 0.15) is 5.82 Å². The summed E-state index contributed by atoms with van der Waals surface area (Å²) in [5.41, 5.74) is 3.90. The summed E-state index contributed by atoms with van der Waals surface area (Å²) in [6.45, 7) is 10.4. The molecule has 7 heterocycles. The van der Waals surface area contributed by atoms with Crippen LogP contribution in [0.3, 0.4) is 0 Å². The van der Waals surface area contributed by atoms with Crippen LogP contribution in [0.4, 0.5) is 5.82 Å². The molecule has 0 saturated carbocycles. The molecule has 2 fully saturated rings. The standard InChI is InChI=1S/C28H30N6O4S.C4H8/c1-15-32-33-27(38-15)21-18(4-3-16-6-10-36-11-7-16)31-24-19-14-37-12-9-34(19)28(35)23(24)22(21)20-13-17-5-8-30-26(29-2)25(17)39-20;1-3-4-2/h5,8,13,16,19H,3-4,6-7,9-12,14H2,1-2H3,(H,29,30);3H,1,4H2,2H3. The van der Waals surface area contributed by atoms with E-state index in [1.165, 1.54) is 0 Å². The number of hydrogen-bond donors (Lipinski definition) is 1. The van der Waals surface area contributed by atoms with Crippen molar-refractivity contribution in [2.45, 2.75) is 52.0 Å². The van der Waals surface area contributed by atoms with E-state index in [0.717, 1.165) is 88.6 Å². The van der Waals surface area contributed by atoms with Crippen molar-refractivity contribution in [2.24, 2.45) is 5.92 Å². The lowest BCUT2D eigenvalue weighted by Gasteiger charge is -2.29. The quantitative estimate of drug-likeness (QED) is 0.246. The Morgan fingerprint density at radius 3 is 2.70 bits per heavy atom. The minimum absolute atomic E-state index is 0.0151. The van der Waals surface area contributed by atoms with Gasteiger partial charge in [-0.3, -0.25) is 9.78 Å². The predicted molar refractivity (Wildman–Crippen MR) is 167 cm³/mol. The summed E-state index contributed by atoms with van der Waals surface area (Å²) in [5, 5.41) is 12.8. The third-order valence-electron chi connectivity index (χ3n) is 8.29. The van der Waals surface area contributed by atoms with Crippen molar-refractivity contribution < 1.29 is 18.7 Å². The minimum atomic E-state index is -0.191. The van der Waals surface area contributed by atoms with Crippen molar-refractivity contribution in [2.75, 3.05) is 45.3 Å². The molecule has 1 unspecified atom stereocenters. The van der Waals surface area contributed by atoms with E-state index < -0.39 is 0 Å². The third kappa shape index (κ3) is 5.69. The highest BCUT2D eigenvalue weighted by atomic mass is 32.1. The van der Waals surface area contributed by atoms with E-state index in [9.17, 15) is 4.79 Å². The number of hydrogen-bond acceptors (Lipinski definition) is 10. The van der Waals surface area contributed by atoms with E-state index in [0.29, 0.717) is 43.0 Å². The Kier molecular flexibility index (Phi) is 8.83. The number of ether oxygens (including phenoxy) is 2. The number of nitrogens with one attached hydrogen (secondary N) is 1. The Morgan fingerprint density at radius 2 is 1.98 bits per heavy atom. The van der Waals surface area contributed by atoms with Gasteiger partial charge in [0, 0.05) is 50.4 Å². The summed E-state index contributed by atoms with van der Waals surface area (Å²) in [4.78, 5) is 26.6. The van der Waals surface area contributed by atoms with E-state index in [2.05, 4.69) is 40.1 Å². The Bertz CT molecular complexity index is 1630. The number of fused-ring (bicyclic) bond motifs is 4. The normalized spacial score (nSPS) is 18.3. The van der Waals surface area contributed by atoms with E-state index >= 15 is 0 Å². The highest BCUT2D eigenvalue weighted by molar-refractivity contribution is 7.23. The molecule has 7 rings (SSSR count). The molecule has 43 heavy (non-hydrogen) atoms. The molecule has 1 atom stereocenters. The fourth-order valence-corrected chi connectivity index (χ4v) is 7.23. The van der Waals surface area contributed by atoms with Crippen LogP contribution in [0.2, 0.25) is 0 Å². The first kappa shape index (κ1) is 29.4. The van der Waals surface area contributed by atoms with E-state index in [4.69, 9.17) is 18.9 Å². The molecule has 2 saturated heterocycles. The van der Waals surface area contributed by atoms with Crippen molar-refractivity contribution in [1.29, 1.82) is 0 Å². The maximum absolute atomic E-state index is 14.0. The van der Waals surface area contributed by atoms with Gasteiger partial charge < -0.3 is 24.1 Å². The Balaban J connectivity index is 0.000000777. The lowest BCUT2D eigenvalue weighted by atomic mass is 9.90. The van der Waals surface area contributed by atoms with Crippen LogP contribution in [0.1, 0.15) is 66.3 Å². The van der Waals surface area contributed by atoms with Crippen LogP contribution in [-0.2, 0) is 15.9 Å². The number of allylic oxidation sites excluding steroid dienone is 1. The maximum atomic E-state index is 14.0. The molecule has 0 aromatic carbocycles. The van der Waals surface area contributed by atoms with Gasteiger partial charge in [-0.1, -0.05) is 13.0 Å². The molecule has 4 aromatic heterocycles. The number of thiophene rings is 1. The monoisotopic (exact) mass is 602 g/mol. The fraction of sp³-hybridized carbons (Fsp3) is 0.469. The Hall–Kier alpha value is -3.67. The molecule has 10 nitrogen and oxygen atoms in total. The summed E-state index contributed by atoms with van der Waals surface area (Å²) in [6, 6.07) is 3.94. The fourth-order valence-electron chi connectivity index (χ4n) is 6.03. The second-order valence-electron chi connectivity index (χ2n) is 11.0. The number of nitrogens with zero attached hydrogens (tertiary/aromatic N) is 5. The van der Waals surface area contributed by atoms with Crippen molar-refractivity contribution in [3.8, 4) is 21.9 Å². The number of aromatic nitrogens is 4. The molecule has 0 radical (unpaired) electrons. The lowest BCUT2D eigenvalue weighted by Crippen LogP contribution is -2.38. The molecule has 3 aliphatic heterocycles. The van der Waals surface area contributed by atoms with Crippen LogP contribution in [0, 0.1) is 12.8 Å². The van der Waals surface area contributed by atoms with Crippen LogP contribution >= 0.6 is 11.3 Å². The molecular weight excluding hydrogens is 564 g/mol. The highest BCUT2D eigenvalue weighted by Gasteiger charge is 2.44. The van der Waals surface area contributed by atoms with E-state index in [1.807, 2.05) is 24.1 Å². The first-order valence-corrected chi connectivity index (χ1v) is 15.9. The molecule has 1 amide bonds. The molecular formula is C32H38N6O4S. The van der Waals surface area contributed by atoms with Crippen LogP contribution in [0.25, 0.3) is 32.0 Å². The molecule has 226 valence electrons. The highest BCUT2D eigenvalue weighted by Crippen LogP contribution is 2.48. The SMILES string of the molecule is C=CCC.CNc1nccc2cc(-c3c4c(nc(CCC5CCOCC5)c3-c3nnc(C)o3)C3COCCN3C4=O)sc12. The number of rotatable bonds is 7. The largest absolute Gasteiger partial charge is 0.421 e. The van der Waals surface area contributed by atoms with Gasteiger partial charge in [-0.15, -0.1) is 28.1 Å². The molecule has 0 bridgehead atoms. The minimum Gasteiger partial charge on any atom is -0.421 e. The van der Waals surface area contributed by atoms with Crippen molar-refractivity contribution in [3.63, 3.8) is 0 Å². The van der Waals surface area contributed by atoms with Crippen molar-refractivity contribution in [3.05, 3.63) is 53.8 Å². The molecule has 11 heteroatoms. The van der Waals surface area contributed by atoms with Gasteiger partial charge in [-0.2, -0.15) is 0 Å². The molecule has 0 aliphatic carbocycles. The summed E-state index contributed by atoms with van der Waals surface area (Å²) < 4.78 is 18.5. The van der Waals surface area contributed by atoms with Gasteiger partial charge in [0.2, 0.25) is 11.8 Å². The third-order valence-corrected chi connectivity index (χ3v) is 9.47. The van der Waals surface area contributed by atoms with Gasteiger partial charge in [0.15, 0.2) is 0 Å². The zero-order chi connectivity index (χ0) is 29.9. The van der Waals surface area contributed by atoms with Gasteiger partial charge in [-0.25, -0.2) is 4.98 Å². The average molecular weight is 603 g/mol. The zero-order valence-electron chi connectivity index (χ0n) is 25.0. The van der Waals surface area contributed by atoms with Crippen LogP contribution < -0.4 is 5.32 Å². The first-order valence-electron chi connectivity index (χ1n) is 15.0. The number of amides is 1. The number of morpholine rings is 1. The van der Waals surface area contributed by atoms with E-state index in [-0.39, 0.29) is 11.9 Å². The predicted octanol–water partition coefficient (Wildman–Crippen LogP) is 6.23. The average Bonchev–Trinajstić information content (AvgIpc) is 3.76. The van der Waals surface area contributed by atoms with Crippen LogP contribution in [-0.4, -0.2) is 71.0 Å². The van der Waals surface area contributed by atoms with Gasteiger partial charge >= 0.3 is 0 Å². The lowest BCUT2D eigenvalue weighted by molar-refractivity contribution is 0.00352. The molecule has 1 N–H and O–H groups in total. The zero-order valence-corrected chi connectivity index (χ0v) is 25.8. The summed E-state index contributed by atoms with van der Waals surface area (Å²) in [7, 11) is 1.87. The summed E-state index contributed by atoms with van der Waals surface area (Å²) >= 11 is 1.61. The van der Waals surface area contributed by atoms with Crippen LogP contribution in [0.15, 0.2) is 35.4 Å². The summed E-state index contributed by atoms with van der Waals surface area (Å²) in [5.74, 6) is 2.24. The number of carbonyl (C=O) groups excluding carboxylic acids is 1. The first-order chi connectivity index (χ1) is 21.0. The number of carbonyl (C=O) groups is 1. The Morgan fingerprint density at radius 1 is 1.16 bits per heavy atom.